The topological polar surface area (TPSA) is 88.6 Å². The number of anilines is 2. The molecule has 2 aliphatic rings. The molecular weight excluding hydrogens is 346 g/mol. The SMILES string of the molecule is Cc1cc(CNC(=O)Nc2ccc3c(c2)OCO3)nc(N2CCCCC2)n1. The molecule has 2 aliphatic heterocycles. The first-order valence-corrected chi connectivity index (χ1v) is 9.21. The molecule has 0 spiro atoms. The van der Waals surface area contributed by atoms with Gasteiger partial charge in [0.25, 0.3) is 0 Å². The van der Waals surface area contributed by atoms with Crippen molar-refractivity contribution in [3.63, 3.8) is 0 Å². The van der Waals surface area contributed by atoms with E-state index in [1.165, 1.54) is 19.3 Å². The molecule has 0 atom stereocenters. The minimum Gasteiger partial charge on any atom is -0.454 e. The summed E-state index contributed by atoms with van der Waals surface area (Å²) in [6.07, 6.45) is 3.60. The Hall–Kier alpha value is -3.03. The lowest BCUT2D eigenvalue weighted by atomic mass is 10.1. The molecular formula is C19H23N5O3. The number of nitrogens with zero attached hydrogens (tertiary/aromatic N) is 3. The summed E-state index contributed by atoms with van der Waals surface area (Å²) in [5.74, 6) is 2.07. The molecule has 0 radical (unpaired) electrons. The molecule has 2 amide bonds. The Morgan fingerprint density at radius 2 is 1.93 bits per heavy atom. The molecule has 1 fully saturated rings. The average Bonchev–Trinajstić information content (AvgIpc) is 3.14. The van der Waals surface area contributed by atoms with Crippen molar-refractivity contribution < 1.29 is 14.3 Å². The summed E-state index contributed by atoms with van der Waals surface area (Å²) in [6.45, 7) is 4.46. The molecule has 8 heteroatoms. The van der Waals surface area contributed by atoms with Crippen LogP contribution < -0.4 is 25.0 Å². The first-order chi connectivity index (χ1) is 13.2. The number of aryl methyl sites for hydroxylation is 1. The van der Waals surface area contributed by atoms with Crippen LogP contribution in [0, 0.1) is 6.92 Å². The third-order valence-corrected chi connectivity index (χ3v) is 4.59. The Bertz CT molecular complexity index is 836. The van der Waals surface area contributed by atoms with Gasteiger partial charge in [0.15, 0.2) is 11.5 Å². The summed E-state index contributed by atoms with van der Waals surface area (Å²) in [5.41, 5.74) is 2.34. The lowest BCUT2D eigenvalue weighted by molar-refractivity contribution is 0.174. The van der Waals surface area contributed by atoms with Gasteiger partial charge in [-0.2, -0.15) is 0 Å². The van der Waals surface area contributed by atoms with Gasteiger partial charge in [0.2, 0.25) is 12.7 Å². The number of carbonyl (C=O) groups excluding carboxylic acids is 1. The van der Waals surface area contributed by atoms with Gasteiger partial charge < -0.3 is 25.0 Å². The maximum absolute atomic E-state index is 12.2. The summed E-state index contributed by atoms with van der Waals surface area (Å²) in [4.78, 5) is 23.6. The van der Waals surface area contributed by atoms with Gasteiger partial charge in [-0.15, -0.1) is 0 Å². The molecule has 142 valence electrons. The third kappa shape index (κ3) is 4.21. The molecule has 2 N–H and O–H groups in total. The molecule has 27 heavy (non-hydrogen) atoms. The fourth-order valence-electron chi connectivity index (χ4n) is 3.26. The van der Waals surface area contributed by atoms with E-state index in [2.05, 4.69) is 25.5 Å². The predicted molar refractivity (Wildman–Crippen MR) is 101 cm³/mol. The molecule has 1 aromatic heterocycles. The number of carbonyl (C=O) groups is 1. The van der Waals surface area contributed by atoms with E-state index in [4.69, 9.17) is 9.47 Å². The molecule has 1 saturated heterocycles. The van der Waals surface area contributed by atoms with Gasteiger partial charge in [-0.05, 0) is 44.4 Å². The van der Waals surface area contributed by atoms with E-state index in [-0.39, 0.29) is 12.8 Å². The number of amides is 2. The van der Waals surface area contributed by atoms with E-state index >= 15 is 0 Å². The van der Waals surface area contributed by atoms with Crippen LogP contribution >= 0.6 is 0 Å². The molecule has 0 bridgehead atoms. The Kier molecular flexibility index (Phi) is 4.95. The van der Waals surface area contributed by atoms with Crippen LogP contribution in [0.5, 0.6) is 11.5 Å². The van der Waals surface area contributed by atoms with E-state index < -0.39 is 0 Å². The van der Waals surface area contributed by atoms with Crippen molar-refractivity contribution in [2.45, 2.75) is 32.7 Å². The van der Waals surface area contributed by atoms with Crippen molar-refractivity contribution in [2.24, 2.45) is 0 Å². The Morgan fingerprint density at radius 3 is 2.78 bits per heavy atom. The first-order valence-electron chi connectivity index (χ1n) is 9.21. The monoisotopic (exact) mass is 369 g/mol. The van der Waals surface area contributed by atoms with E-state index in [0.29, 0.717) is 23.7 Å². The molecule has 0 aliphatic carbocycles. The van der Waals surface area contributed by atoms with Gasteiger partial charge in [0.1, 0.15) is 0 Å². The second-order valence-corrected chi connectivity index (χ2v) is 6.72. The van der Waals surface area contributed by atoms with E-state index in [1.807, 2.05) is 13.0 Å². The van der Waals surface area contributed by atoms with Crippen molar-refractivity contribution in [1.29, 1.82) is 0 Å². The van der Waals surface area contributed by atoms with Crippen LogP contribution in [0.1, 0.15) is 30.7 Å². The van der Waals surface area contributed by atoms with Gasteiger partial charge in [-0.25, -0.2) is 14.8 Å². The van der Waals surface area contributed by atoms with Gasteiger partial charge >= 0.3 is 6.03 Å². The first kappa shape index (κ1) is 17.4. The molecule has 0 saturated carbocycles. The molecule has 1 aromatic carbocycles. The molecule has 2 aromatic rings. The van der Waals surface area contributed by atoms with Crippen LogP contribution in [0.4, 0.5) is 16.4 Å². The van der Waals surface area contributed by atoms with Crippen molar-refractivity contribution >= 4 is 17.7 Å². The standard InChI is InChI=1S/C19H23N5O3/c1-13-9-15(22-18(21-13)24-7-3-2-4-8-24)11-20-19(25)23-14-5-6-16-17(10-14)27-12-26-16/h5-6,9-10H,2-4,7-8,11-12H2,1H3,(H2,20,23,25). The van der Waals surface area contributed by atoms with Gasteiger partial charge in [-0.3, -0.25) is 0 Å². The number of rotatable bonds is 4. The van der Waals surface area contributed by atoms with Crippen molar-refractivity contribution in [1.82, 2.24) is 15.3 Å². The smallest absolute Gasteiger partial charge is 0.319 e. The maximum atomic E-state index is 12.2. The van der Waals surface area contributed by atoms with Crippen LogP contribution in [0.15, 0.2) is 24.3 Å². The van der Waals surface area contributed by atoms with Crippen LogP contribution in [0.25, 0.3) is 0 Å². The molecule has 3 heterocycles. The summed E-state index contributed by atoms with van der Waals surface area (Å²) >= 11 is 0. The number of hydrogen-bond acceptors (Lipinski definition) is 6. The highest BCUT2D eigenvalue weighted by molar-refractivity contribution is 5.89. The van der Waals surface area contributed by atoms with Crippen molar-refractivity contribution in [3.8, 4) is 11.5 Å². The summed E-state index contributed by atoms with van der Waals surface area (Å²) < 4.78 is 10.6. The Balaban J connectivity index is 1.36. The van der Waals surface area contributed by atoms with E-state index in [1.54, 1.807) is 18.2 Å². The predicted octanol–water partition coefficient (Wildman–Crippen LogP) is 2.83. The number of hydrogen-bond donors (Lipinski definition) is 2. The Morgan fingerprint density at radius 1 is 1.11 bits per heavy atom. The third-order valence-electron chi connectivity index (χ3n) is 4.59. The maximum Gasteiger partial charge on any atom is 0.319 e. The fourth-order valence-corrected chi connectivity index (χ4v) is 3.26. The second-order valence-electron chi connectivity index (χ2n) is 6.72. The van der Waals surface area contributed by atoms with Crippen LogP contribution in [0.3, 0.4) is 0 Å². The highest BCUT2D eigenvalue weighted by Gasteiger charge is 2.16. The number of ether oxygens (including phenoxy) is 2. The second kappa shape index (κ2) is 7.69. The fraction of sp³-hybridized carbons (Fsp3) is 0.421. The van der Waals surface area contributed by atoms with E-state index in [0.717, 1.165) is 30.4 Å². The van der Waals surface area contributed by atoms with E-state index in [9.17, 15) is 4.79 Å². The zero-order valence-corrected chi connectivity index (χ0v) is 15.3. The highest BCUT2D eigenvalue weighted by Crippen LogP contribution is 2.34. The minimum atomic E-state index is -0.301. The molecule has 8 nitrogen and oxygen atoms in total. The van der Waals surface area contributed by atoms with Crippen LogP contribution in [-0.4, -0.2) is 35.9 Å². The van der Waals surface area contributed by atoms with Gasteiger partial charge in [0, 0.05) is 30.5 Å². The van der Waals surface area contributed by atoms with Crippen molar-refractivity contribution in [2.75, 3.05) is 30.1 Å². The van der Waals surface area contributed by atoms with Gasteiger partial charge in [0.05, 0.1) is 12.2 Å². The summed E-state index contributed by atoms with van der Waals surface area (Å²) in [6, 6.07) is 6.89. The zero-order valence-electron chi connectivity index (χ0n) is 15.3. The van der Waals surface area contributed by atoms with Crippen molar-refractivity contribution in [3.05, 3.63) is 35.7 Å². The molecule has 4 rings (SSSR count). The number of aromatic nitrogens is 2. The quantitative estimate of drug-likeness (QED) is 0.862. The Labute approximate surface area is 157 Å². The largest absolute Gasteiger partial charge is 0.454 e. The zero-order chi connectivity index (χ0) is 18.6. The summed E-state index contributed by atoms with van der Waals surface area (Å²) in [5, 5.41) is 5.64. The number of nitrogens with one attached hydrogen (secondary N) is 2. The molecule has 0 unspecified atom stereocenters. The number of piperidine rings is 1. The number of urea groups is 1. The number of benzene rings is 1. The van der Waals surface area contributed by atoms with Crippen LogP contribution in [0.2, 0.25) is 0 Å². The average molecular weight is 369 g/mol. The lowest BCUT2D eigenvalue weighted by Gasteiger charge is -2.27. The minimum absolute atomic E-state index is 0.206. The van der Waals surface area contributed by atoms with Crippen LogP contribution in [-0.2, 0) is 6.54 Å². The summed E-state index contributed by atoms with van der Waals surface area (Å²) in [7, 11) is 0. The normalized spacial score (nSPS) is 15.5. The highest BCUT2D eigenvalue weighted by atomic mass is 16.7. The lowest BCUT2D eigenvalue weighted by Crippen LogP contribution is -2.32. The van der Waals surface area contributed by atoms with Gasteiger partial charge in [-0.1, -0.05) is 0 Å². The number of fused-ring (bicyclic) bond motifs is 1.